The zero-order valence-corrected chi connectivity index (χ0v) is 15.3. The van der Waals surface area contributed by atoms with Crippen LogP contribution < -0.4 is 0 Å². The summed E-state index contributed by atoms with van der Waals surface area (Å²) in [4.78, 5) is 14.6. The quantitative estimate of drug-likeness (QED) is 0.798. The van der Waals surface area contributed by atoms with Crippen LogP contribution >= 0.6 is 15.9 Å². The molecule has 1 N–H and O–H groups in total. The van der Waals surface area contributed by atoms with E-state index in [0.29, 0.717) is 52.1 Å². The Balaban J connectivity index is 2.13. The number of hydrogen-bond acceptors (Lipinski definition) is 6. The van der Waals surface area contributed by atoms with E-state index < -0.39 is 5.97 Å². The van der Waals surface area contributed by atoms with Gasteiger partial charge in [0.1, 0.15) is 22.7 Å². The second kappa shape index (κ2) is 7.13. The van der Waals surface area contributed by atoms with Crippen LogP contribution in [0.1, 0.15) is 28.6 Å². The topological polar surface area (TPSA) is 72.1 Å². The lowest BCUT2D eigenvalue weighted by Crippen LogP contribution is -2.35. The van der Waals surface area contributed by atoms with E-state index in [9.17, 15) is 9.90 Å². The Morgan fingerprint density at radius 3 is 2.79 bits per heavy atom. The second-order valence-electron chi connectivity index (χ2n) is 5.70. The van der Waals surface area contributed by atoms with E-state index in [1.54, 1.807) is 19.9 Å². The molecule has 0 amide bonds. The highest BCUT2D eigenvalue weighted by Crippen LogP contribution is 2.40. The van der Waals surface area contributed by atoms with Crippen molar-refractivity contribution in [2.24, 2.45) is 0 Å². The van der Waals surface area contributed by atoms with Crippen LogP contribution in [0.2, 0.25) is 0 Å². The van der Waals surface area contributed by atoms with E-state index >= 15 is 0 Å². The van der Waals surface area contributed by atoms with Crippen molar-refractivity contribution in [3.05, 3.63) is 27.4 Å². The van der Waals surface area contributed by atoms with Crippen LogP contribution in [0.4, 0.5) is 0 Å². The summed E-state index contributed by atoms with van der Waals surface area (Å²) in [5, 5.41) is 11.2. The third-order valence-electron chi connectivity index (χ3n) is 4.15. The minimum atomic E-state index is -0.432. The van der Waals surface area contributed by atoms with Gasteiger partial charge in [0.05, 0.1) is 24.3 Å². The zero-order chi connectivity index (χ0) is 17.3. The number of ether oxygens (including phenoxy) is 2. The Morgan fingerprint density at radius 2 is 2.12 bits per heavy atom. The van der Waals surface area contributed by atoms with Gasteiger partial charge >= 0.3 is 5.97 Å². The summed E-state index contributed by atoms with van der Waals surface area (Å²) >= 11 is 3.36. The van der Waals surface area contributed by atoms with Crippen molar-refractivity contribution in [1.82, 2.24) is 4.90 Å². The number of aromatic hydroxyl groups is 1. The molecule has 1 aliphatic rings. The lowest BCUT2D eigenvalue weighted by Gasteiger charge is -2.27. The maximum atomic E-state index is 12.4. The smallest absolute Gasteiger partial charge is 0.342 e. The third kappa shape index (κ3) is 3.16. The molecule has 2 aromatic rings. The van der Waals surface area contributed by atoms with Gasteiger partial charge in [-0.25, -0.2) is 4.79 Å². The average Bonchev–Trinajstić information content (AvgIpc) is 2.88. The first-order valence-corrected chi connectivity index (χ1v) is 8.72. The Bertz CT molecular complexity index is 764. The van der Waals surface area contributed by atoms with Gasteiger partial charge in [-0.1, -0.05) is 0 Å². The van der Waals surface area contributed by atoms with Gasteiger partial charge in [-0.3, -0.25) is 4.90 Å². The van der Waals surface area contributed by atoms with E-state index in [1.807, 2.05) is 0 Å². The predicted octanol–water partition coefficient (Wildman–Crippen LogP) is 3.22. The summed E-state index contributed by atoms with van der Waals surface area (Å²) in [5.74, 6) is 0.184. The minimum absolute atomic E-state index is 0.125. The molecular formula is C17H20BrNO5. The number of fused-ring (bicyclic) bond motifs is 1. The van der Waals surface area contributed by atoms with Crippen LogP contribution in [0.15, 0.2) is 15.0 Å². The zero-order valence-electron chi connectivity index (χ0n) is 13.7. The Hall–Kier alpha value is -1.57. The molecule has 2 heterocycles. The minimum Gasteiger partial charge on any atom is -0.506 e. The molecule has 24 heavy (non-hydrogen) atoms. The van der Waals surface area contributed by atoms with Gasteiger partial charge in [-0.2, -0.15) is 0 Å². The van der Waals surface area contributed by atoms with Gasteiger partial charge in [0.25, 0.3) is 0 Å². The Kier molecular flexibility index (Phi) is 5.12. The number of rotatable bonds is 4. The van der Waals surface area contributed by atoms with Crippen molar-refractivity contribution in [1.29, 1.82) is 0 Å². The maximum Gasteiger partial charge on any atom is 0.342 e. The number of aryl methyl sites for hydroxylation is 1. The van der Waals surface area contributed by atoms with E-state index in [-0.39, 0.29) is 12.4 Å². The van der Waals surface area contributed by atoms with Crippen LogP contribution in [-0.4, -0.2) is 48.9 Å². The molecule has 6 nitrogen and oxygen atoms in total. The van der Waals surface area contributed by atoms with E-state index in [4.69, 9.17) is 13.9 Å². The molecule has 130 valence electrons. The van der Waals surface area contributed by atoms with Crippen LogP contribution in [0.5, 0.6) is 5.75 Å². The number of carbonyl (C=O) groups is 1. The molecular weight excluding hydrogens is 378 g/mol. The Labute approximate surface area is 148 Å². The number of phenolic OH excluding ortho intramolecular Hbond substituents is 1. The summed E-state index contributed by atoms with van der Waals surface area (Å²) < 4.78 is 16.8. The molecule has 0 atom stereocenters. The third-order valence-corrected chi connectivity index (χ3v) is 4.75. The molecule has 1 saturated heterocycles. The molecule has 0 spiro atoms. The Morgan fingerprint density at radius 1 is 1.42 bits per heavy atom. The van der Waals surface area contributed by atoms with Crippen LogP contribution in [-0.2, 0) is 16.0 Å². The summed E-state index contributed by atoms with van der Waals surface area (Å²) in [6.45, 7) is 7.16. The number of phenols is 1. The molecule has 3 rings (SSSR count). The predicted molar refractivity (Wildman–Crippen MR) is 92.4 cm³/mol. The average molecular weight is 398 g/mol. The van der Waals surface area contributed by atoms with Gasteiger partial charge < -0.3 is 19.0 Å². The normalized spacial score (nSPS) is 15.8. The van der Waals surface area contributed by atoms with Gasteiger partial charge in [0.15, 0.2) is 0 Å². The molecule has 1 aromatic heterocycles. The highest BCUT2D eigenvalue weighted by Gasteiger charge is 2.26. The van der Waals surface area contributed by atoms with Crippen molar-refractivity contribution < 1.29 is 23.8 Å². The molecule has 0 bridgehead atoms. The lowest BCUT2D eigenvalue weighted by atomic mass is 10.0. The monoisotopic (exact) mass is 397 g/mol. The van der Waals surface area contributed by atoms with Crippen molar-refractivity contribution in [3.8, 4) is 5.75 Å². The number of nitrogens with zero attached hydrogens (tertiary/aromatic N) is 1. The van der Waals surface area contributed by atoms with Crippen molar-refractivity contribution in [2.75, 3.05) is 32.9 Å². The fourth-order valence-electron chi connectivity index (χ4n) is 3.00. The van der Waals surface area contributed by atoms with E-state index in [2.05, 4.69) is 20.8 Å². The van der Waals surface area contributed by atoms with Crippen molar-refractivity contribution in [2.45, 2.75) is 20.4 Å². The fourth-order valence-corrected chi connectivity index (χ4v) is 3.45. The second-order valence-corrected chi connectivity index (χ2v) is 6.56. The number of furan rings is 1. The standard InChI is InChI=1S/C17H20BrNO5/c1-3-23-17(21)14-10(2)24-13-8-12(18)16(20)11(15(13)14)9-19-4-6-22-7-5-19/h8,20H,3-7,9H2,1-2H3. The van der Waals surface area contributed by atoms with Crippen molar-refractivity contribution in [3.63, 3.8) is 0 Å². The first kappa shape index (κ1) is 17.3. The number of esters is 1. The summed E-state index contributed by atoms with van der Waals surface area (Å²) in [6.07, 6.45) is 0. The molecule has 7 heteroatoms. The number of halogens is 1. The number of morpholine rings is 1. The lowest BCUT2D eigenvalue weighted by molar-refractivity contribution is 0.0340. The maximum absolute atomic E-state index is 12.4. The van der Waals surface area contributed by atoms with Gasteiger partial charge in [-0.05, 0) is 35.8 Å². The number of benzene rings is 1. The summed E-state index contributed by atoms with van der Waals surface area (Å²) in [7, 11) is 0. The van der Waals surface area contributed by atoms with Crippen LogP contribution in [0.25, 0.3) is 11.0 Å². The van der Waals surface area contributed by atoms with Gasteiger partial charge in [0, 0.05) is 30.6 Å². The van der Waals surface area contributed by atoms with Crippen molar-refractivity contribution >= 4 is 32.9 Å². The first-order valence-electron chi connectivity index (χ1n) is 7.93. The fraction of sp³-hybridized carbons (Fsp3) is 0.471. The van der Waals surface area contributed by atoms with Crippen LogP contribution in [0.3, 0.4) is 0 Å². The summed E-state index contributed by atoms with van der Waals surface area (Å²) in [6, 6.07) is 1.68. The first-order chi connectivity index (χ1) is 11.5. The molecule has 1 aliphatic heterocycles. The SMILES string of the molecule is CCOC(=O)c1c(C)oc2cc(Br)c(O)c(CN3CCOCC3)c12. The van der Waals surface area contributed by atoms with E-state index in [0.717, 1.165) is 13.1 Å². The number of carbonyl (C=O) groups excluding carboxylic acids is 1. The largest absolute Gasteiger partial charge is 0.506 e. The molecule has 0 saturated carbocycles. The highest BCUT2D eigenvalue weighted by atomic mass is 79.9. The summed E-state index contributed by atoms with van der Waals surface area (Å²) in [5.41, 5.74) is 1.61. The molecule has 0 unspecified atom stereocenters. The molecule has 0 radical (unpaired) electrons. The van der Waals surface area contributed by atoms with Gasteiger partial charge in [0.2, 0.25) is 0 Å². The highest BCUT2D eigenvalue weighted by molar-refractivity contribution is 9.10. The van der Waals surface area contributed by atoms with Crippen LogP contribution in [0, 0.1) is 6.92 Å². The molecule has 1 fully saturated rings. The number of hydrogen-bond donors (Lipinski definition) is 1. The van der Waals surface area contributed by atoms with Gasteiger partial charge in [-0.15, -0.1) is 0 Å². The molecule has 1 aromatic carbocycles. The van der Waals surface area contributed by atoms with E-state index in [1.165, 1.54) is 0 Å². The molecule has 0 aliphatic carbocycles.